The molecular formula is C12H24N2O2. The van der Waals surface area contributed by atoms with Gasteiger partial charge >= 0.3 is 0 Å². The van der Waals surface area contributed by atoms with Crippen molar-refractivity contribution >= 4 is 5.91 Å². The third kappa shape index (κ3) is 2.55. The average molecular weight is 228 g/mol. The molecule has 94 valence electrons. The third-order valence-electron chi connectivity index (χ3n) is 3.95. The summed E-state index contributed by atoms with van der Waals surface area (Å²) in [5.74, 6) is 0.122. The van der Waals surface area contributed by atoms with Crippen LogP contribution in [-0.4, -0.2) is 42.6 Å². The monoisotopic (exact) mass is 228 g/mol. The highest BCUT2D eigenvalue weighted by molar-refractivity contribution is 5.78. The van der Waals surface area contributed by atoms with Crippen molar-refractivity contribution in [2.45, 2.75) is 50.7 Å². The average Bonchev–Trinajstić information content (AvgIpc) is 2.22. The van der Waals surface area contributed by atoms with Crippen molar-refractivity contribution < 1.29 is 9.53 Å². The quantitative estimate of drug-likeness (QED) is 0.767. The SMILES string of the molecule is COC1(CC(=O)N(C)C(C)(C)CN)CCC1. The molecule has 16 heavy (non-hydrogen) atoms. The van der Waals surface area contributed by atoms with Crippen LogP contribution in [0.5, 0.6) is 0 Å². The zero-order valence-electron chi connectivity index (χ0n) is 10.9. The lowest BCUT2D eigenvalue weighted by Gasteiger charge is -2.43. The minimum atomic E-state index is -0.282. The molecule has 0 bridgehead atoms. The van der Waals surface area contributed by atoms with Crippen molar-refractivity contribution in [3.8, 4) is 0 Å². The fourth-order valence-electron chi connectivity index (χ4n) is 1.89. The lowest BCUT2D eigenvalue weighted by molar-refractivity contribution is -0.147. The van der Waals surface area contributed by atoms with E-state index >= 15 is 0 Å². The van der Waals surface area contributed by atoms with Crippen molar-refractivity contribution in [3.63, 3.8) is 0 Å². The van der Waals surface area contributed by atoms with Gasteiger partial charge in [-0.05, 0) is 33.1 Å². The molecule has 0 radical (unpaired) electrons. The number of hydrogen-bond donors (Lipinski definition) is 1. The van der Waals surface area contributed by atoms with E-state index < -0.39 is 0 Å². The number of carbonyl (C=O) groups is 1. The summed E-state index contributed by atoms with van der Waals surface area (Å²) in [6.07, 6.45) is 3.62. The van der Waals surface area contributed by atoms with Gasteiger partial charge in [-0.3, -0.25) is 4.79 Å². The Bertz CT molecular complexity index is 254. The summed E-state index contributed by atoms with van der Waals surface area (Å²) in [5.41, 5.74) is 5.18. The summed E-state index contributed by atoms with van der Waals surface area (Å²) in [6.45, 7) is 4.42. The van der Waals surface area contributed by atoms with Crippen molar-refractivity contribution in [1.82, 2.24) is 4.90 Å². The highest BCUT2D eigenvalue weighted by Gasteiger charge is 2.41. The highest BCUT2D eigenvalue weighted by Crippen LogP contribution is 2.38. The number of nitrogens with two attached hydrogens (primary N) is 1. The van der Waals surface area contributed by atoms with Gasteiger partial charge in [-0.1, -0.05) is 0 Å². The van der Waals surface area contributed by atoms with Crippen LogP contribution in [-0.2, 0) is 9.53 Å². The maximum Gasteiger partial charge on any atom is 0.225 e. The molecule has 0 spiro atoms. The summed E-state index contributed by atoms with van der Waals surface area (Å²) in [5, 5.41) is 0. The summed E-state index contributed by atoms with van der Waals surface area (Å²) in [7, 11) is 3.51. The van der Waals surface area contributed by atoms with Gasteiger partial charge in [0.25, 0.3) is 0 Å². The zero-order chi connectivity index (χ0) is 12.4. The normalized spacial score (nSPS) is 19.1. The summed E-state index contributed by atoms with van der Waals surface area (Å²) in [4.78, 5) is 13.8. The number of nitrogens with zero attached hydrogens (tertiary/aromatic N) is 1. The molecule has 0 aromatic heterocycles. The van der Waals surface area contributed by atoms with Gasteiger partial charge in [0.05, 0.1) is 12.0 Å². The molecule has 1 amide bonds. The minimum absolute atomic E-state index is 0.122. The van der Waals surface area contributed by atoms with Gasteiger partial charge in [-0.15, -0.1) is 0 Å². The van der Waals surface area contributed by atoms with Crippen LogP contribution in [0.3, 0.4) is 0 Å². The Balaban J connectivity index is 2.58. The smallest absolute Gasteiger partial charge is 0.225 e. The first-order valence-electron chi connectivity index (χ1n) is 5.89. The number of hydrogen-bond acceptors (Lipinski definition) is 3. The van der Waals surface area contributed by atoms with E-state index in [1.165, 1.54) is 0 Å². The first kappa shape index (κ1) is 13.5. The van der Waals surface area contributed by atoms with Crippen LogP contribution in [0.15, 0.2) is 0 Å². The summed E-state index contributed by atoms with van der Waals surface area (Å²) < 4.78 is 5.46. The van der Waals surface area contributed by atoms with E-state index in [9.17, 15) is 4.79 Å². The molecule has 0 aromatic rings. The molecular weight excluding hydrogens is 204 g/mol. The van der Waals surface area contributed by atoms with Gasteiger partial charge in [0.15, 0.2) is 0 Å². The molecule has 1 saturated carbocycles. The maximum absolute atomic E-state index is 12.1. The summed E-state index contributed by atoms with van der Waals surface area (Å²) in [6, 6.07) is 0. The second kappa shape index (κ2) is 4.72. The molecule has 0 saturated heterocycles. The summed E-state index contributed by atoms with van der Waals surface area (Å²) >= 11 is 0. The Labute approximate surface area is 98.1 Å². The van der Waals surface area contributed by atoms with E-state index in [0.29, 0.717) is 13.0 Å². The first-order valence-corrected chi connectivity index (χ1v) is 5.89. The molecule has 2 N–H and O–H groups in total. The topological polar surface area (TPSA) is 55.6 Å². The second-order valence-electron chi connectivity index (χ2n) is 5.39. The van der Waals surface area contributed by atoms with Crippen LogP contribution < -0.4 is 5.73 Å². The molecule has 0 heterocycles. The Kier molecular flexibility index (Phi) is 3.97. The molecule has 0 atom stereocenters. The largest absolute Gasteiger partial charge is 0.378 e. The molecule has 4 heteroatoms. The van der Waals surface area contributed by atoms with Crippen molar-refractivity contribution in [1.29, 1.82) is 0 Å². The van der Waals surface area contributed by atoms with Crippen LogP contribution in [0.4, 0.5) is 0 Å². The molecule has 1 aliphatic carbocycles. The highest BCUT2D eigenvalue weighted by atomic mass is 16.5. The van der Waals surface area contributed by atoms with Gasteiger partial charge in [0, 0.05) is 26.2 Å². The van der Waals surface area contributed by atoms with E-state index in [1.807, 2.05) is 20.9 Å². The zero-order valence-corrected chi connectivity index (χ0v) is 10.9. The molecule has 1 rings (SSSR count). The number of rotatable bonds is 5. The predicted octanol–water partition coefficient (Wildman–Crippen LogP) is 1.14. The molecule has 4 nitrogen and oxygen atoms in total. The number of likely N-dealkylation sites (N-methyl/N-ethyl adjacent to an activating group) is 1. The molecule has 0 aliphatic heterocycles. The van der Waals surface area contributed by atoms with E-state index in [-0.39, 0.29) is 17.0 Å². The predicted molar refractivity (Wildman–Crippen MR) is 64.1 cm³/mol. The number of methoxy groups -OCH3 is 1. The van der Waals surface area contributed by atoms with E-state index in [4.69, 9.17) is 10.5 Å². The van der Waals surface area contributed by atoms with Crippen molar-refractivity contribution in [3.05, 3.63) is 0 Å². The second-order valence-corrected chi connectivity index (χ2v) is 5.39. The van der Waals surface area contributed by atoms with Crippen molar-refractivity contribution in [2.75, 3.05) is 20.7 Å². The van der Waals surface area contributed by atoms with Gasteiger partial charge in [0.1, 0.15) is 0 Å². The van der Waals surface area contributed by atoms with Crippen LogP contribution in [0.1, 0.15) is 39.5 Å². The maximum atomic E-state index is 12.1. The lowest BCUT2D eigenvalue weighted by atomic mass is 9.77. The van der Waals surface area contributed by atoms with E-state index in [2.05, 4.69) is 0 Å². The Hall–Kier alpha value is -0.610. The lowest BCUT2D eigenvalue weighted by Crippen LogP contribution is -2.53. The Morgan fingerprint density at radius 3 is 2.38 bits per heavy atom. The Morgan fingerprint density at radius 1 is 1.50 bits per heavy atom. The number of ether oxygens (including phenoxy) is 1. The Morgan fingerprint density at radius 2 is 2.06 bits per heavy atom. The van der Waals surface area contributed by atoms with Crippen LogP contribution in [0.2, 0.25) is 0 Å². The molecule has 0 aromatic carbocycles. The van der Waals surface area contributed by atoms with Gasteiger partial charge < -0.3 is 15.4 Å². The minimum Gasteiger partial charge on any atom is -0.378 e. The molecule has 1 aliphatic rings. The third-order valence-corrected chi connectivity index (χ3v) is 3.95. The van der Waals surface area contributed by atoms with Gasteiger partial charge in [-0.2, -0.15) is 0 Å². The van der Waals surface area contributed by atoms with E-state index in [1.54, 1.807) is 12.0 Å². The first-order chi connectivity index (χ1) is 7.37. The standard InChI is InChI=1S/C12H24N2O2/c1-11(2,9-13)14(3)10(15)8-12(16-4)6-5-7-12/h5-9,13H2,1-4H3. The molecule has 0 unspecified atom stereocenters. The molecule has 1 fully saturated rings. The fraction of sp³-hybridized carbons (Fsp3) is 0.917. The number of carbonyl (C=O) groups excluding carboxylic acids is 1. The van der Waals surface area contributed by atoms with Crippen LogP contribution >= 0.6 is 0 Å². The van der Waals surface area contributed by atoms with Gasteiger partial charge in [0.2, 0.25) is 5.91 Å². The van der Waals surface area contributed by atoms with Crippen LogP contribution in [0.25, 0.3) is 0 Å². The number of amides is 1. The van der Waals surface area contributed by atoms with E-state index in [0.717, 1.165) is 19.3 Å². The van der Waals surface area contributed by atoms with Gasteiger partial charge in [-0.25, -0.2) is 0 Å². The van der Waals surface area contributed by atoms with Crippen molar-refractivity contribution in [2.24, 2.45) is 5.73 Å². The van der Waals surface area contributed by atoms with Crippen LogP contribution in [0, 0.1) is 0 Å². The fourth-order valence-corrected chi connectivity index (χ4v) is 1.89.